The Hall–Kier alpha value is -3.85. The topological polar surface area (TPSA) is 42.3 Å². The molecule has 0 unspecified atom stereocenters. The summed E-state index contributed by atoms with van der Waals surface area (Å²) in [6.45, 7) is 2.47. The Morgan fingerprint density at radius 3 is 2.47 bits per heavy atom. The lowest BCUT2D eigenvalue weighted by atomic mass is 10.0. The van der Waals surface area contributed by atoms with E-state index in [2.05, 4.69) is 10.3 Å². The molecule has 5 nitrogen and oxygen atoms in total. The largest absolute Gasteiger partial charge is 0.494 e. The van der Waals surface area contributed by atoms with Crippen LogP contribution in [0.4, 0.5) is 18.9 Å². The van der Waals surface area contributed by atoms with Crippen molar-refractivity contribution in [2.24, 2.45) is 0 Å². The molecule has 0 amide bonds. The number of nitrogens with one attached hydrogen (secondary N) is 1. The molecule has 1 saturated heterocycles. The van der Waals surface area contributed by atoms with Gasteiger partial charge in [0, 0.05) is 29.5 Å². The Morgan fingerprint density at radius 2 is 1.78 bits per heavy atom. The highest BCUT2D eigenvalue weighted by Gasteiger charge is 2.42. The average molecular weight is 509 g/mol. The molecular weight excluding hydrogens is 485 g/mol. The molecule has 2 aromatic heterocycles. The number of hydrogen-bond donors (Lipinski definition) is 1. The van der Waals surface area contributed by atoms with Crippen LogP contribution in [0.3, 0.4) is 0 Å². The van der Waals surface area contributed by atoms with Gasteiger partial charge in [-0.05, 0) is 85.9 Å². The molecule has 184 valence electrons. The van der Waals surface area contributed by atoms with E-state index in [1.54, 1.807) is 23.0 Å². The van der Waals surface area contributed by atoms with Gasteiger partial charge in [-0.15, -0.1) is 0 Å². The minimum atomic E-state index is -4.44. The van der Waals surface area contributed by atoms with E-state index in [9.17, 15) is 13.2 Å². The number of halogens is 3. The molecule has 36 heavy (non-hydrogen) atoms. The molecule has 5 rings (SSSR count). The molecule has 0 aliphatic carbocycles. The Morgan fingerprint density at radius 1 is 0.972 bits per heavy atom. The molecule has 1 aliphatic rings. The first-order valence-corrected chi connectivity index (χ1v) is 11.9. The summed E-state index contributed by atoms with van der Waals surface area (Å²) in [5, 5.41) is 3.88. The number of alkyl halides is 3. The molecule has 2 atom stereocenters. The Kier molecular flexibility index (Phi) is 6.40. The molecule has 0 bridgehead atoms. The summed E-state index contributed by atoms with van der Waals surface area (Å²) in [6.07, 6.45) is -0.967. The van der Waals surface area contributed by atoms with Crippen molar-refractivity contribution in [3.05, 3.63) is 108 Å². The van der Waals surface area contributed by atoms with Crippen molar-refractivity contribution >= 4 is 23.0 Å². The van der Waals surface area contributed by atoms with Crippen molar-refractivity contribution < 1.29 is 17.9 Å². The summed E-state index contributed by atoms with van der Waals surface area (Å²) in [4.78, 5) is 6.52. The van der Waals surface area contributed by atoms with Gasteiger partial charge in [0.25, 0.3) is 0 Å². The molecule has 0 radical (unpaired) electrons. The number of nitrogens with zero attached hydrogens (tertiary/aromatic N) is 3. The maximum Gasteiger partial charge on any atom is 0.416 e. The van der Waals surface area contributed by atoms with E-state index >= 15 is 0 Å². The lowest BCUT2D eigenvalue weighted by Crippen LogP contribution is -2.30. The van der Waals surface area contributed by atoms with Crippen molar-refractivity contribution in [1.82, 2.24) is 14.9 Å². The van der Waals surface area contributed by atoms with Crippen molar-refractivity contribution in [1.29, 1.82) is 0 Å². The average Bonchev–Trinajstić information content (AvgIpc) is 3.49. The van der Waals surface area contributed by atoms with E-state index in [1.165, 1.54) is 6.07 Å². The van der Waals surface area contributed by atoms with Gasteiger partial charge in [-0.3, -0.25) is 4.98 Å². The van der Waals surface area contributed by atoms with Crippen LogP contribution in [0, 0.1) is 0 Å². The van der Waals surface area contributed by atoms with Gasteiger partial charge < -0.3 is 19.5 Å². The minimum Gasteiger partial charge on any atom is -0.494 e. The predicted molar refractivity (Wildman–Crippen MR) is 136 cm³/mol. The second-order valence-corrected chi connectivity index (χ2v) is 8.66. The molecule has 0 spiro atoms. The number of benzene rings is 2. The zero-order valence-electron chi connectivity index (χ0n) is 19.3. The van der Waals surface area contributed by atoms with Gasteiger partial charge in [-0.1, -0.05) is 12.1 Å². The summed E-state index contributed by atoms with van der Waals surface area (Å²) in [5.74, 6) is 0.740. The summed E-state index contributed by atoms with van der Waals surface area (Å²) in [6, 6.07) is 21.6. The number of rotatable bonds is 6. The summed E-state index contributed by atoms with van der Waals surface area (Å²) < 4.78 is 47.7. The molecule has 3 heterocycles. The predicted octanol–water partition coefficient (Wildman–Crippen LogP) is 6.47. The van der Waals surface area contributed by atoms with E-state index in [4.69, 9.17) is 17.0 Å². The van der Waals surface area contributed by atoms with Crippen LogP contribution >= 0.6 is 12.2 Å². The smallest absolute Gasteiger partial charge is 0.416 e. The minimum absolute atomic E-state index is 0.329. The maximum absolute atomic E-state index is 13.5. The monoisotopic (exact) mass is 508 g/mol. The summed E-state index contributed by atoms with van der Waals surface area (Å²) >= 11 is 5.76. The molecule has 9 heteroatoms. The summed E-state index contributed by atoms with van der Waals surface area (Å²) in [7, 11) is 0. The fourth-order valence-corrected chi connectivity index (χ4v) is 4.85. The fraction of sp³-hybridized carbons (Fsp3) is 0.185. The van der Waals surface area contributed by atoms with Gasteiger partial charge in [-0.2, -0.15) is 13.2 Å². The Labute approximate surface area is 212 Å². The number of anilines is 1. The normalized spacial score (nSPS) is 17.8. The molecule has 4 aromatic rings. The van der Waals surface area contributed by atoms with Crippen LogP contribution < -0.4 is 15.0 Å². The molecule has 2 aromatic carbocycles. The van der Waals surface area contributed by atoms with E-state index in [0.29, 0.717) is 17.4 Å². The highest BCUT2D eigenvalue weighted by molar-refractivity contribution is 7.80. The number of ether oxygens (including phenoxy) is 1. The first kappa shape index (κ1) is 23.9. The van der Waals surface area contributed by atoms with Crippen LogP contribution in [-0.4, -0.2) is 21.3 Å². The first-order chi connectivity index (χ1) is 17.4. The van der Waals surface area contributed by atoms with E-state index in [-0.39, 0.29) is 12.1 Å². The Bertz CT molecular complexity index is 1360. The van der Waals surface area contributed by atoms with Crippen LogP contribution in [-0.2, 0) is 6.18 Å². The zero-order chi connectivity index (χ0) is 25.3. The SMILES string of the molecule is CCOc1ccc(N2C(=S)N[C@H](c3ccccn3)[C@@H]2c2cccn2-c2cccc(C(F)(F)F)c2)cc1. The molecule has 1 N–H and O–H groups in total. The highest BCUT2D eigenvalue weighted by atomic mass is 32.1. The van der Waals surface area contributed by atoms with E-state index in [0.717, 1.165) is 35.0 Å². The highest BCUT2D eigenvalue weighted by Crippen LogP contribution is 2.43. The quantitative estimate of drug-likeness (QED) is 0.303. The van der Waals surface area contributed by atoms with Gasteiger partial charge >= 0.3 is 6.18 Å². The summed E-state index contributed by atoms with van der Waals surface area (Å²) in [5.41, 5.74) is 2.08. The van der Waals surface area contributed by atoms with Crippen LogP contribution in [0.5, 0.6) is 5.75 Å². The van der Waals surface area contributed by atoms with E-state index < -0.39 is 11.7 Å². The van der Waals surface area contributed by atoms with Crippen LogP contribution in [0.2, 0.25) is 0 Å². The van der Waals surface area contributed by atoms with Crippen LogP contribution in [0.25, 0.3) is 5.69 Å². The Balaban J connectivity index is 1.62. The molecule has 1 aliphatic heterocycles. The van der Waals surface area contributed by atoms with Crippen molar-refractivity contribution in [3.63, 3.8) is 0 Å². The van der Waals surface area contributed by atoms with Crippen molar-refractivity contribution in [3.8, 4) is 11.4 Å². The standard InChI is InChI=1S/C27H23F3N4OS/c1-2-35-21-13-11-19(12-14-21)34-25(24(32-26(34)36)22-9-3-4-15-31-22)23-10-6-16-33(23)20-8-5-7-18(17-20)27(28,29)30/h3-17,24-25H,2H2,1H3,(H,32,36)/t24-,25+/m1/s1. The fourth-order valence-electron chi connectivity index (χ4n) is 4.51. The lowest BCUT2D eigenvalue weighted by molar-refractivity contribution is -0.137. The lowest BCUT2D eigenvalue weighted by Gasteiger charge is -2.29. The second-order valence-electron chi connectivity index (χ2n) is 8.27. The third kappa shape index (κ3) is 4.54. The van der Waals surface area contributed by atoms with E-state index in [1.807, 2.05) is 66.4 Å². The van der Waals surface area contributed by atoms with Crippen LogP contribution in [0.1, 0.15) is 36.0 Å². The van der Waals surface area contributed by atoms with Gasteiger partial charge in [0.15, 0.2) is 5.11 Å². The first-order valence-electron chi connectivity index (χ1n) is 11.4. The van der Waals surface area contributed by atoms with Crippen molar-refractivity contribution in [2.45, 2.75) is 25.2 Å². The maximum atomic E-state index is 13.5. The number of hydrogen-bond acceptors (Lipinski definition) is 3. The second kappa shape index (κ2) is 9.66. The third-order valence-corrected chi connectivity index (χ3v) is 6.37. The van der Waals surface area contributed by atoms with Gasteiger partial charge in [0.2, 0.25) is 0 Å². The van der Waals surface area contributed by atoms with Crippen LogP contribution in [0.15, 0.2) is 91.3 Å². The van der Waals surface area contributed by atoms with Crippen molar-refractivity contribution in [2.75, 3.05) is 11.5 Å². The molecular formula is C27H23F3N4OS. The third-order valence-electron chi connectivity index (χ3n) is 6.06. The molecule has 0 saturated carbocycles. The van der Waals surface area contributed by atoms with Gasteiger partial charge in [0.1, 0.15) is 11.8 Å². The zero-order valence-corrected chi connectivity index (χ0v) is 20.1. The van der Waals surface area contributed by atoms with Gasteiger partial charge in [0.05, 0.1) is 23.9 Å². The molecule has 1 fully saturated rings. The number of aromatic nitrogens is 2. The van der Waals surface area contributed by atoms with Gasteiger partial charge in [-0.25, -0.2) is 0 Å². The number of thiocarbonyl (C=S) groups is 1. The number of pyridine rings is 1.